The van der Waals surface area contributed by atoms with Crippen LogP contribution in [0.2, 0.25) is 0 Å². The van der Waals surface area contributed by atoms with E-state index in [2.05, 4.69) is 0 Å². The average molecular weight is 384 g/mol. The third-order valence-electron chi connectivity index (χ3n) is 4.41. The highest BCUT2D eigenvalue weighted by Gasteiger charge is 2.22. The molecule has 0 unspecified atom stereocenters. The second kappa shape index (κ2) is 7.19. The summed E-state index contributed by atoms with van der Waals surface area (Å²) in [5.74, 6) is -1.51. The highest BCUT2D eigenvalue weighted by molar-refractivity contribution is 5.89. The van der Waals surface area contributed by atoms with E-state index in [1.54, 1.807) is 0 Å². The van der Waals surface area contributed by atoms with Crippen LogP contribution >= 0.6 is 0 Å². The van der Waals surface area contributed by atoms with Crippen LogP contribution in [0.15, 0.2) is 45.3 Å². The number of ether oxygens (including phenoxy) is 1. The highest BCUT2D eigenvalue weighted by Crippen LogP contribution is 2.44. The molecule has 0 atom stereocenters. The normalized spacial score (nSPS) is 10.8. The van der Waals surface area contributed by atoms with Gasteiger partial charge in [-0.25, -0.2) is 0 Å². The van der Waals surface area contributed by atoms with Crippen LogP contribution in [0.3, 0.4) is 0 Å². The zero-order chi connectivity index (χ0) is 20.6. The van der Waals surface area contributed by atoms with Gasteiger partial charge in [-0.3, -0.25) is 4.79 Å². The summed E-state index contributed by atoms with van der Waals surface area (Å²) in [6, 6.07) is 3.69. The van der Waals surface area contributed by atoms with Gasteiger partial charge in [0.2, 0.25) is 11.2 Å². The monoisotopic (exact) mass is 384 g/mol. The quantitative estimate of drug-likeness (QED) is 0.399. The minimum absolute atomic E-state index is 0.0112. The zero-order valence-electron chi connectivity index (χ0n) is 15.6. The van der Waals surface area contributed by atoms with Crippen LogP contribution < -0.4 is 10.2 Å². The molecule has 0 aliphatic heterocycles. The van der Waals surface area contributed by atoms with Gasteiger partial charge in [0.25, 0.3) is 0 Å². The minimum Gasteiger partial charge on any atom is -0.508 e. The average Bonchev–Trinajstić information content (AvgIpc) is 2.62. The Balaban J connectivity index is 2.37. The summed E-state index contributed by atoms with van der Waals surface area (Å²) in [6.07, 6.45) is 3.27. The molecule has 0 bridgehead atoms. The Bertz CT molecular complexity index is 1150. The lowest BCUT2D eigenvalue weighted by atomic mass is 9.95. The fraction of sp³-hybridized carbons (Fsp3) is 0.190. The molecule has 0 amide bonds. The van der Waals surface area contributed by atoms with Gasteiger partial charge < -0.3 is 29.6 Å². The van der Waals surface area contributed by atoms with Gasteiger partial charge in [-0.2, -0.15) is 0 Å². The molecule has 146 valence electrons. The van der Waals surface area contributed by atoms with Crippen molar-refractivity contribution in [1.82, 2.24) is 0 Å². The van der Waals surface area contributed by atoms with Gasteiger partial charge in [-0.05, 0) is 31.9 Å². The molecule has 3 rings (SSSR count). The van der Waals surface area contributed by atoms with Crippen molar-refractivity contribution in [3.8, 4) is 39.9 Å². The Morgan fingerprint density at radius 1 is 1.07 bits per heavy atom. The summed E-state index contributed by atoms with van der Waals surface area (Å²) in [5, 5.41) is 40.2. The molecular formula is C21H20O7. The van der Waals surface area contributed by atoms with Crippen LogP contribution in [0, 0.1) is 0 Å². The van der Waals surface area contributed by atoms with Crippen LogP contribution in [0.5, 0.6) is 28.7 Å². The highest BCUT2D eigenvalue weighted by atomic mass is 16.5. The first-order valence-corrected chi connectivity index (χ1v) is 8.47. The number of rotatable bonds is 4. The van der Waals surface area contributed by atoms with E-state index in [1.807, 2.05) is 19.9 Å². The van der Waals surface area contributed by atoms with Crippen LogP contribution in [-0.4, -0.2) is 27.5 Å². The Kier molecular flexibility index (Phi) is 4.92. The first-order valence-electron chi connectivity index (χ1n) is 8.47. The largest absolute Gasteiger partial charge is 0.508 e. The molecule has 0 aliphatic carbocycles. The molecule has 2 aromatic carbocycles. The standard InChI is InChI=1S/C21H20O7/c1-10(2)4-5-12-13(8-17(27-3)21(26)20(12)25)14-9-28-16-7-11(22)6-15(23)18(16)19(14)24/h4,6-9,22-23,25-26H,5H2,1-3H3. The van der Waals surface area contributed by atoms with E-state index in [4.69, 9.17) is 9.15 Å². The van der Waals surface area contributed by atoms with E-state index < -0.39 is 22.7 Å². The SMILES string of the molecule is COc1cc(-c2coc3cc(O)cc(O)c3c2=O)c(CC=C(C)C)c(O)c1O. The number of hydrogen-bond donors (Lipinski definition) is 4. The zero-order valence-corrected chi connectivity index (χ0v) is 15.6. The van der Waals surface area contributed by atoms with Crippen LogP contribution in [0.25, 0.3) is 22.1 Å². The van der Waals surface area contributed by atoms with Crippen LogP contribution in [-0.2, 0) is 6.42 Å². The maximum atomic E-state index is 13.0. The molecule has 1 heterocycles. The summed E-state index contributed by atoms with van der Waals surface area (Å²) >= 11 is 0. The number of hydrogen-bond acceptors (Lipinski definition) is 7. The summed E-state index contributed by atoms with van der Waals surface area (Å²) in [4.78, 5) is 13.0. The molecule has 28 heavy (non-hydrogen) atoms. The van der Waals surface area contributed by atoms with E-state index in [1.165, 1.54) is 25.5 Å². The molecule has 0 saturated carbocycles. The molecule has 1 aromatic heterocycles. The summed E-state index contributed by atoms with van der Waals surface area (Å²) in [5.41, 5.74) is 1.13. The minimum atomic E-state index is -0.552. The van der Waals surface area contributed by atoms with Gasteiger partial charge in [0.15, 0.2) is 11.5 Å². The number of phenols is 4. The van der Waals surface area contributed by atoms with E-state index in [-0.39, 0.29) is 34.5 Å². The molecule has 0 radical (unpaired) electrons. The van der Waals surface area contributed by atoms with Crippen molar-refractivity contribution in [1.29, 1.82) is 0 Å². The van der Waals surface area contributed by atoms with Gasteiger partial charge in [0.1, 0.15) is 28.7 Å². The Morgan fingerprint density at radius 2 is 1.79 bits per heavy atom. The lowest BCUT2D eigenvalue weighted by molar-refractivity contribution is 0.349. The molecule has 0 saturated heterocycles. The first kappa shape index (κ1) is 19.2. The van der Waals surface area contributed by atoms with Crippen molar-refractivity contribution in [2.45, 2.75) is 20.3 Å². The van der Waals surface area contributed by atoms with E-state index in [9.17, 15) is 25.2 Å². The van der Waals surface area contributed by atoms with Crippen LogP contribution in [0.4, 0.5) is 0 Å². The summed E-state index contributed by atoms with van der Waals surface area (Å²) in [7, 11) is 1.32. The number of fused-ring (bicyclic) bond motifs is 1. The van der Waals surface area contributed by atoms with Gasteiger partial charge in [0.05, 0.1) is 12.7 Å². The molecular weight excluding hydrogens is 364 g/mol. The third kappa shape index (κ3) is 3.22. The maximum Gasteiger partial charge on any atom is 0.204 e. The smallest absolute Gasteiger partial charge is 0.204 e. The molecule has 3 aromatic rings. The van der Waals surface area contributed by atoms with Crippen molar-refractivity contribution >= 4 is 11.0 Å². The third-order valence-corrected chi connectivity index (χ3v) is 4.41. The molecule has 7 nitrogen and oxygen atoms in total. The number of allylic oxidation sites excluding steroid dienone is 2. The predicted octanol–water partition coefficient (Wildman–Crippen LogP) is 3.80. The number of benzene rings is 2. The van der Waals surface area contributed by atoms with E-state index >= 15 is 0 Å². The van der Waals surface area contributed by atoms with Crippen LogP contribution in [0.1, 0.15) is 19.4 Å². The molecule has 0 fully saturated rings. The molecule has 4 N–H and O–H groups in total. The predicted molar refractivity (Wildman–Crippen MR) is 104 cm³/mol. The first-order chi connectivity index (χ1) is 13.2. The topological polar surface area (TPSA) is 120 Å². The summed E-state index contributed by atoms with van der Waals surface area (Å²) < 4.78 is 10.5. The lowest BCUT2D eigenvalue weighted by Gasteiger charge is -2.15. The number of aromatic hydroxyl groups is 4. The van der Waals surface area contributed by atoms with Crippen molar-refractivity contribution in [2.75, 3.05) is 7.11 Å². The fourth-order valence-corrected chi connectivity index (χ4v) is 2.99. The number of methoxy groups -OCH3 is 1. The van der Waals surface area contributed by atoms with E-state index in [0.717, 1.165) is 11.6 Å². The van der Waals surface area contributed by atoms with Crippen molar-refractivity contribution < 1.29 is 29.6 Å². The van der Waals surface area contributed by atoms with Gasteiger partial charge in [0, 0.05) is 17.7 Å². The van der Waals surface area contributed by atoms with Gasteiger partial charge >= 0.3 is 0 Å². The lowest BCUT2D eigenvalue weighted by Crippen LogP contribution is -2.07. The Labute approximate surface area is 160 Å². The van der Waals surface area contributed by atoms with Crippen molar-refractivity contribution in [3.63, 3.8) is 0 Å². The van der Waals surface area contributed by atoms with E-state index in [0.29, 0.717) is 11.1 Å². The number of phenolic OH excluding ortho intramolecular Hbond substituents is 4. The van der Waals surface area contributed by atoms with Gasteiger partial charge in [-0.1, -0.05) is 11.6 Å². The van der Waals surface area contributed by atoms with Crippen molar-refractivity contribution in [2.24, 2.45) is 0 Å². The Hall–Kier alpha value is -3.61. The Morgan fingerprint density at radius 3 is 2.43 bits per heavy atom. The fourth-order valence-electron chi connectivity index (χ4n) is 2.99. The molecule has 0 spiro atoms. The second-order valence-corrected chi connectivity index (χ2v) is 6.60. The molecule has 7 heteroatoms. The van der Waals surface area contributed by atoms with Gasteiger partial charge in [-0.15, -0.1) is 0 Å². The summed E-state index contributed by atoms with van der Waals surface area (Å²) in [6.45, 7) is 3.77. The second-order valence-electron chi connectivity index (χ2n) is 6.60. The van der Waals surface area contributed by atoms with Crippen molar-refractivity contribution in [3.05, 3.63) is 51.9 Å². The maximum absolute atomic E-state index is 13.0. The molecule has 0 aliphatic rings.